The lowest BCUT2D eigenvalue weighted by Gasteiger charge is -2.17. The summed E-state index contributed by atoms with van der Waals surface area (Å²) in [5, 5.41) is -0.797. The van der Waals surface area contributed by atoms with E-state index < -0.39 is 20.2 Å². The largest absolute Gasteiger partial charge is 0.366 e. The molecule has 2 atom stereocenters. The summed E-state index contributed by atoms with van der Waals surface area (Å²) in [7, 11) is -8.53. The number of hydrogen-bond acceptors (Lipinski definition) is 4. The lowest BCUT2D eigenvalue weighted by atomic mass is 10.9. The predicted molar refractivity (Wildman–Crippen MR) is 52.0 cm³/mol. The molecule has 0 aliphatic carbocycles. The van der Waals surface area contributed by atoms with Crippen molar-refractivity contribution >= 4 is 15.2 Å². The molecule has 6 nitrogen and oxygen atoms in total. The van der Waals surface area contributed by atoms with E-state index in [1.54, 1.807) is 0 Å². The van der Waals surface area contributed by atoms with E-state index in [0.717, 1.165) is 0 Å². The van der Waals surface area contributed by atoms with E-state index in [2.05, 4.69) is 15.6 Å². The Balaban J connectivity index is 4.77. The first-order valence-corrected chi connectivity index (χ1v) is 7.08. The molecule has 0 rings (SSSR count). The van der Waals surface area contributed by atoms with Crippen LogP contribution in [-0.2, 0) is 18.2 Å². The Kier molecular flexibility index (Phi) is 5.23. The molecule has 14 heavy (non-hydrogen) atoms. The van der Waals surface area contributed by atoms with Crippen molar-refractivity contribution < 1.29 is 28.0 Å². The molecule has 84 valence electrons. The van der Waals surface area contributed by atoms with Gasteiger partial charge in [0.15, 0.2) is 0 Å². The molecule has 0 saturated heterocycles. The van der Waals surface area contributed by atoms with Gasteiger partial charge in [-0.25, -0.2) is 0 Å². The van der Waals surface area contributed by atoms with Crippen LogP contribution in [0, 0.1) is 0 Å². The summed E-state index contributed by atoms with van der Waals surface area (Å²) in [4.78, 5) is 18.3. The second-order valence-electron chi connectivity index (χ2n) is 2.29. The predicted octanol–water partition coefficient (Wildman–Crippen LogP) is 1.90. The van der Waals surface area contributed by atoms with Gasteiger partial charge in [0.05, 0.1) is 13.2 Å². The third-order valence-electron chi connectivity index (χ3n) is 1.26. The summed E-state index contributed by atoms with van der Waals surface area (Å²) in [5.41, 5.74) is 0. The van der Waals surface area contributed by atoms with Gasteiger partial charge in [-0.05, 0) is 13.8 Å². The maximum Gasteiger partial charge on any atom is 0.366 e. The van der Waals surface area contributed by atoms with Gasteiger partial charge in [-0.15, -0.1) is 0 Å². The van der Waals surface area contributed by atoms with Gasteiger partial charge in [-0.2, -0.15) is 0 Å². The van der Waals surface area contributed by atoms with Gasteiger partial charge < -0.3 is 18.8 Å². The zero-order valence-corrected chi connectivity index (χ0v) is 9.83. The Morgan fingerprint density at radius 2 is 1.43 bits per heavy atom. The highest BCUT2D eigenvalue weighted by Gasteiger charge is 2.38. The van der Waals surface area contributed by atoms with Crippen molar-refractivity contribution in [1.29, 1.82) is 0 Å². The second kappa shape index (κ2) is 5.21. The highest BCUT2D eigenvalue weighted by Crippen LogP contribution is 2.68. The Morgan fingerprint density at radius 3 is 1.64 bits per heavy atom. The first kappa shape index (κ1) is 14.0. The standard InChI is InChI=1S/C6H14O6P2/c1-4-11-13(7,8)6(3)14(9,10)12-5-2/h3-5H2,1-2H3,(H,7,8)(H,9,10). The molecule has 0 aromatic carbocycles. The molecule has 0 bridgehead atoms. The highest BCUT2D eigenvalue weighted by molar-refractivity contribution is 7.77. The zero-order valence-electron chi connectivity index (χ0n) is 8.04. The minimum Gasteiger partial charge on any atom is -0.321 e. The van der Waals surface area contributed by atoms with E-state index in [1.165, 1.54) is 13.8 Å². The van der Waals surface area contributed by atoms with Crippen LogP contribution in [0.1, 0.15) is 13.8 Å². The quantitative estimate of drug-likeness (QED) is 0.693. The molecular formula is C6H14O6P2. The van der Waals surface area contributed by atoms with Crippen molar-refractivity contribution in [3.05, 3.63) is 11.6 Å². The Labute approximate surface area is 82.6 Å². The average molecular weight is 244 g/mol. The molecule has 0 radical (unpaired) electrons. The molecule has 2 unspecified atom stereocenters. The van der Waals surface area contributed by atoms with Gasteiger partial charge in [0.25, 0.3) is 0 Å². The summed E-state index contributed by atoms with van der Waals surface area (Å²) < 4.78 is 31.4. The van der Waals surface area contributed by atoms with E-state index in [9.17, 15) is 9.13 Å². The van der Waals surface area contributed by atoms with Crippen molar-refractivity contribution in [1.82, 2.24) is 0 Å². The van der Waals surface area contributed by atoms with E-state index in [0.29, 0.717) is 0 Å². The van der Waals surface area contributed by atoms with Crippen molar-refractivity contribution in [2.45, 2.75) is 13.8 Å². The summed E-state index contributed by atoms with van der Waals surface area (Å²) in [6, 6.07) is 0. The number of rotatable bonds is 6. The summed E-state index contributed by atoms with van der Waals surface area (Å²) in [6.45, 7) is 5.92. The lowest BCUT2D eigenvalue weighted by Crippen LogP contribution is -1.96. The van der Waals surface area contributed by atoms with E-state index in [4.69, 9.17) is 9.79 Å². The van der Waals surface area contributed by atoms with E-state index in [-0.39, 0.29) is 13.2 Å². The lowest BCUT2D eigenvalue weighted by molar-refractivity contribution is 0.268. The second-order valence-corrected chi connectivity index (χ2v) is 6.32. The minimum absolute atomic E-state index is 0.0566. The first-order valence-electron chi connectivity index (χ1n) is 3.92. The zero-order chi connectivity index (χ0) is 11.4. The molecule has 0 amide bonds. The van der Waals surface area contributed by atoms with Crippen LogP contribution >= 0.6 is 15.2 Å². The summed E-state index contributed by atoms with van der Waals surface area (Å²) in [5.74, 6) is 0. The monoisotopic (exact) mass is 244 g/mol. The van der Waals surface area contributed by atoms with Crippen molar-refractivity contribution in [2.24, 2.45) is 0 Å². The molecule has 0 heterocycles. The molecule has 0 aliphatic rings. The van der Waals surface area contributed by atoms with E-state index in [1.807, 2.05) is 0 Å². The normalized spacial score (nSPS) is 19.7. The Hall–Kier alpha value is 0.0400. The molecule has 0 fully saturated rings. The molecule has 0 aliphatic heterocycles. The van der Waals surface area contributed by atoms with Crippen LogP contribution in [0.3, 0.4) is 0 Å². The van der Waals surface area contributed by atoms with Crippen LogP contribution in [0.2, 0.25) is 0 Å². The van der Waals surface area contributed by atoms with Gasteiger partial charge in [0.1, 0.15) is 5.06 Å². The van der Waals surface area contributed by atoms with Crippen LogP contribution in [0.4, 0.5) is 0 Å². The van der Waals surface area contributed by atoms with Crippen LogP contribution in [-0.4, -0.2) is 23.0 Å². The SMILES string of the molecule is C=C(P(=O)(O)OCC)P(=O)(O)OCC. The molecule has 0 aromatic rings. The van der Waals surface area contributed by atoms with Crippen LogP contribution in [0.15, 0.2) is 11.6 Å². The minimum atomic E-state index is -4.27. The third kappa shape index (κ3) is 3.65. The topological polar surface area (TPSA) is 93.1 Å². The molecule has 0 aromatic heterocycles. The Bertz CT molecular complexity index is 271. The molecule has 0 spiro atoms. The molecule has 2 N–H and O–H groups in total. The fourth-order valence-corrected chi connectivity index (χ4v) is 3.28. The smallest absolute Gasteiger partial charge is 0.321 e. The van der Waals surface area contributed by atoms with Gasteiger partial charge in [0, 0.05) is 0 Å². The van der Waals surface area contributed by atoms with Gasteiger partial charge in [-0.3, -0.25) is 9.13 Å². The maximum absolute atomic E-state index is 11.3. The van der Waals surface area contributed by atoms with Gasteiger partial charge in [-0.1, -0.05) is 6.58 Å². The third-order valence-corrected chi connectivity index (χ3v) is 5.30. The van der Waals surface area contributed by atoms with Crippen molar-refractivity contribution in [3.8, 4) is 0 Å². The van der Waals surface area contributed by atoms with E-state index >= 15 is 0 Å². The van der Waals surface area contributed by atoms with Gasteiger partial charge >= 0.3 is 15.2 Å². The molecule has 8 heteroatoms. The van der Waals surface area contributed by atoms with Crippen molar-refractivity contribution in [3.63, 3.8) is 0 Å². The molecule has 0 saturated carbocycles. The van der Waals surface area contributed by atoms with Gasteiger partial charge in [0.2, 0.25) is 0 Å². The highest BCUT2D eigenvalue weighted by atomic mass is 31.2. The summed E-state index contributed by atoms with van der Waals surface area (Å²) in [6.07, 6.45) is 0. The fraction of sp³-hybridized carbons (Fsp3) is 0.667. The van der Waals surface area contributed by atoms with Crippen molar-refractivity contribution in [2.75, 3.05) is 13.2 Å². The number of hydrogen-bond donors (Lipinski definition) is 2. The Morgan fingerprint density at radius 1 is 1.14 bits per heavy atom. The average Bonchev–Trinajstić information content (AvgIpc) is 2.02. The first-order chi connectivity index (χ1) is 6.28. The summed E-state index contributed by atoms with van der Waals surface area (Å²) >= 11 is 0. The van der Waals surface area contributed by atoms with Crippen LogP contribution in [0.25, 0.3) is 0 Å². The molecular weight excluding hydrogens is 230 g/mol. The fourth-order valence-electron chi connectivity index (χ4n) is 0.659. The van der Waals surface area contributed by atoms with Crippen LogP contribution < -0.4 is 0 Å². The van der Waals surface area contributed by atoms with Crippen LogP contribution in [0.5, 0.6) is 0 Å². The maximum atomic E-state index is 11.3.